The van der Waals surface area contributed by atoms with E-state index in [9.17, 15) is 9.59 Å². The van der Waals surface area contributed by atoms with Crippen LogP contribution in [0, 0.1) is 12.8 Å². The zero-order chi connectivity index (χ0) is 18.8. The lowest BCUT2D eigenvalue weighted by molar-refractivity contribution is -0.132. The Kier molecular flexibility index (Phi) is 4.92. The van der Waals surface area contributed by atoms with E-state index in [1.807, 2.05) is 23.1 Å². The number of hydrogen-bond acceptors (Lipinski definition) is 5. The van der Waals surface area contributed by atoms with E-state index >= 15 is 0 Å². The lowest BCUT2D eigenvalue weighted by Gasteiger charge is -2.29. The van der Waals surface area contributed by atoms with Crippen LogP contribution in [-0.4, -0.2) is 51.4 Å². The van der Waals surface area contributed by atoms with Crippen LogP contribution in [0.4, 0.5) is 0 Å². The summed E-state index contributed by atoms with van der Waals surface area (Å²) in [4.78, 5) is 33.8. The van der Waals surface area contributed by atoms with E-state index in [0.29, 0.717) is 49.3 Å². The fourth-order valence-electron chi connectivity index (χ4n) is 3.56. The van der Waals surface area contributed by atoms with Crippen molar-refractivity contribution < 1.29 is 14.1 Å². The molecule has 142 valence electrons. The molecule has 4 rings (SSSR count). The van der Waals surface area contributed by atoms with Crippen LogP contribution in [0.1, 0.15) is 53.8 Å². The van der Waals surface area contributed by atoms with E-state index < -0.39 is 6.04 Å². The molecule has 0 spiro atoms. The van der Waals surface area contributed by atoms with E-state index in [2.05, 4.69) is 10.1 Å². The quantitative estimate of drug-likeness (QED) is 0.829. The molecule has 1 saturated heterocycles. The fraction of sp³-hybridized carbons (Fsp3) is 0.500. The average molecular weight is 368 g/mol. The number of nitrogens with zero attached hydrogens (tertiary/aromatic N) is 4. The van der Waals surface area contributed by atoms with Crippen molar-refractivity contribution in [1.29, 1.82) is 0 Å². The first-order valence-electron chi connectivity index (χ1n) is 9.56. The molecule has 1 aromatic heterocycles. The summed E-state index contributed by atoms with van der Waals surface area (Å²) in [7, 11) is 0. The molecule has 7 heteroatoms. The van der Waals surface area contributed by atoms with E-state index in [4.69, 9.17) is 4.52 Å². The van der Waals surface area contributed by atoms with Gasteiger partial charge in [-0.3, -0.25) is 9.59 Å². The number of rotatable bonds is 4. The Morgan fingerprint density at radius 3 is 2.63 bits per heavy atom. The first-order chi connectivity index (χ1) is 13.1. The predicted molar refractivity (Wildman–Crippen MR) is 97.8 cm³/mol. The third-order valence-corrected chi connectivity index (χ3v) is 5.22. The maximum atomic E-state index is 13.1. The second-order valence-corrected chi connectivity index (χ2v) is 7.40. The molecule has 2 aromatic rings. The van der Waals surface area contributed by atoms with Gasteiger partial charge in [0.1, 0.15) is 6.04 Å². The third kappa shape index (κ3) is 4.02. The zero-order valence-corrected chi connectivity index (χ0v) is 15.5. The standard InChI is InChI=1S/C20H24N4O3/c1-14-21-19(27-22-14)17-13-23(18(25)12-15-8-9-15)10-5-11-24(17)20(26)16-6-3-2-4-7-16/h2-4,6-7,15,17H,5,8-13H2,1H3. The Labute approximate surface area is 158 Å². The van der Waals surface area contributed by atoms with E-state index in [0.717, 1.165) is 19.3 Å². The molecule has 1 aliphatic carbocycles. The largest absolute Gasteiger partial charge is 0.340 e. The van der Waals surface area contributed by atoms with Gasteiger partial charge in [-0.25, -0.2) is 0 Å². The fourth-order valence-corrected chi connectivity index (χ4v) is 3.56. The number of benzene rings is 1. The minimum absolute atomic E-state index is 0.0760. The minimum atomic E-state index is -0.426. The molecule has 1 aromatic carbocycles. The molecule has 2 heterocycles. The van der Waals surface area contributed by atoms with E-state index in [-0.39, 0.29) is 11.8 Å². The molecule has 2 fully saturated rings. The molecule has 7 nitrogen and oxygen atoms in total. The van der Waals surface area contributed by atoms with Crippen LogP contribution in [0.15, 0.2) is 34.9 Å². The van der Waals surface area contributed by atoms with Gasteiger partial charge in [0.2, 0.25) is 5.91 Å². The maximum absolute atomic E-state index is 13.1. The topological polar surface area (TPSA) is 79.5 Å². The second kappa shape index (κ2) is 7.50. The number of aryl methyl sites for hydroxylation is 1. The Hall–Kier alpha value is -2.70. The van der Waals surface area contributed by atoms with Gasteiger partial charge in [0, 0.05) is 25.1 Å². The average Bonchev–Trinajstić information content (AvgIpc) is 3.44. The summed E-state index contributed by atoms with van der Waals surface area (Å²) < 4.78 is 5.40. The van der Waals surface area contributed by atoms with Crippen LogP contribution in [0.3, 0.4) is 0 Å². The van der Waals surface area contributed by atoms with Crippen molar-refractivity contribution in [3.8, 4) is 0 Å². The smallest absolute Gasteiger partial charge is 0.254 e. The molecular formula is C20H24N4O3. The van der Waals surface area contributed by atoms with Gasteiger partial charge in [0.15, 0.2) is 5.82 Å². The highest BCUT2D eigenvalue weighted by atomic mass is 16.5. The molecule has 1 unspecified atom stereocenters. The summed E-state index contributed by atoms with van der Waals surface area (Å²) in [6, 6.07) is 8.77. The van der Waals surface area contributed by atoms with Crippen molar-refractivity contribution in [1.82, 2.24) is 19.9 Å². The van der Waals surface area contributed by atoms with E-state index in [1.165, 1.54) is 0 Å². The van der Waals surface area contributed by atoms with Crippen LogP contribution < -0.4 is 0 Å². The summed E-state index contributed by atoms with van der Waals surface area (Å²) in [6.45, 7) is 3.34. The summed E-state index contributed by atoms with van der Waals surface area (Å²) in [5.74, 6) is 1.53. The van der Waals surface area contributed by atoms with Gasteiger partial charge in [-0.05, 0) is 44.2 Å². The van der Waals surface area contributed by atoms with Crippen LogP contribution >= 0.6 is 0 Å². The van der Waals surface area contributed by atoms with Crippen LogP contribution in [0.25, 0.3) is 0 Å². The predicted octanol–water partition coefficient (Wildman–Crippen LogP) is 2.59. The van der Waals surface area contributed by atoms with Crippen molar-refractivity contribution in [3.05, 3.63) is 47.6 Å². The zero-order valence-electron chi connectivity index (χ0n) is 15.5. The SMILES string of the molecule is Cc1noc(C2CN(C(=O)CC3CC3)CCCN2C(=O)c2ccccc2)n1. The lowest BCUT2D eigenvalue weighted by atomic mass is 10.1. The normalized spacial score (nSPS) is 20.4. The summed E-state index contributed by atoms with van der Waals surface area (Å²) in [5.41, 5.74) is 0.622. The van der Waals surface area contributed by atoms with Crippen molar-refractivity contribution in [2.24, 2.45) is 5.92 Å². The van der Waals surface area contributed by atoms with Gasteiger partial charge in [-0.2, -0.15) is 4.98 Å². The number of carbonyl (C=O) groups is 2. The van der Waals surface area contributed by atoms with Crippen LogP contribution in [0.5, 0.6) is 0 Å². The monoisotopic (exact) mass is 368 g/mol. The van der Waals surface area contributed by atoms with Crippen molar-refractivity contribution in [2.45, 2.75) is 38.6 Å². The molecule has 1 aliphatic heterocycles. The van der Waals surface area contributed by atoms with Gasteiger partial charge < -0.3 is 14.3 Å². The minimum Gasteiger partial charge on any atom is -0.340 e. The highest BCUT2D eigenvalue weighted by Gasteiger charge is 2.36. The Morgan fingerprint density at radius 1 is 1.19 bits per heavy atom. The number of aromatic nitrogens is 2. The molecule has 0 bridgehead atoms. The number of carbonyl (C=O) groups excluding carboxylic acids is 2. The van der Waals surface area contributed by atoms with Crippen molar-refractivity contribution in [2.75, 3.05) is 19.6 Å². The highest BCUT2D eigenvalue weighted by Crippen LogP contribution is 2.34. The van der Waals surface area contributed by atoms with Gasteiger partial charge in [-0.1, -0.05) is 23.4 Å². The maximum Gasteiger partial charge on any atom is 0.254 e. The van der Waals surface area contributed by atoms with Gasteiger partial charge in [-0.15, -0.1) is 0 Å². The third-order valence-electron chi connectivity index (χ3n) is 5.22. The first-order valence-corrected chi connectivity index (χ1v) is 9.56. The Bertz CT molecular complexity index is 816. The van der Waals surface area contributed by atoms with Gasteiger partial charge >= 0.3 is 0 Å². The summed E-state index contributed by atoms with van der Waals surface area (Å²) >= 11 is 0. The summed E-state index contributed by atoms with van der Waals surface area (Å²) in [5, 5.41) is 3.89. The molecule has 1 saturated carbocycles. The van der Waals surface area contributed by atoms with Gasteiger partial charge in [0.05, 0.1) is 6.54 Å². The number of hydrogen-bond donors (Lipinski definition) is 0. The Morgan fingerprint density at radius 2 is 1.96 bits per heavy atom. The molecule has 0 N–H and O–H groups in total. The van der Waals surface area contributed by atoms with Crippen molar-refractivity contribution in [3.63, 3.8) is 0 Å². The Balaban J connectivity index is 1.60. The molecular weight excluding hydrogens is 344 g/mol. The molecule has 2 aliphatic rings. The molecule has 2 amide bonds. The van der Waals surface area contributed by atoms with Crippen molar-refractivity contribution >= 4 is 11.8 Å². The number of amides is 2. The van der Waals surface area contributed by atoms with E-state index in [1.54, 1.807) is 24.0 Å². The van der Waals surface area contributed by atoms with Crippen LogP contribution in [0.2, 0.25) is 0 Å². The highest BCUT2D eigenvalue weighted by molar-refractivity contribution is 5.94. The summed E-state index contributed by atoms with van der Waals surface area (Å²) in [6.07, 6.45) is 3.62. The lowest BCUT2D eigenvalue weighted by Crippen LogP contribution is -2.40. The first kappa shape index (κ1) is 17.7. The second-order valence-electron chi connectivity index (χ2n) is 7.40. The molecule has 27 heavy (non-hydrogen) atoms. The van der Waals surface area contributed by atoms with Gasteiger partial charge in [0.25, 0.3) is 11.8 Å². The molecule has 1 atom stereocenters. The van der Waals surface area contributed by atoms with Crippen LogP contribution in [-0.2, 0) is 4.79 Å². The molecule has 0 radical (unpaired) electrons.